The maximum absolute atomic E-state index is 2.46. The van der Waals surface area contributed by atoms with Crippen molar-refractivity contribution in [2.45, 2.75) is 38.5 Å². The van der Waals surface area contributed by atoms with E-state index < -0.39 is 0 Å². The van der Waals surface area contributed by atoms with Crippen LogP contribution in [0.1, 0.15) is 49.9 Å². The van der Waals surface area contributed by atoms with Crippen molar-refractivity contribution in [2.24, 2.45) is 0 Å². The summed E-state index contributed by atoms with van der Waals surface area (Å²) in [6, 6.07) is 74.6. The second kappa shape index (κ2) is 13.1. The van der Waals surface area contributed by atoms with Crippen LogP contribution in [0.4, 0.5) is 17.1 Å². The topological polar surface area (TPSA) is 3.24 Å². The smallest absolute Gasteiger partial charge is 0.0468 e. The summed E-state index contributed by atoms with van der Waals surface area (Å²) in [4.78, 5) is 2.46. The van der Waals surface area contributed by atoms with Crippen molar-refractivity contribution >= 4 is 49.4 Å². The number of hydrogen-bond acceptors (Lipinski definition) is 1. The molecule has 0 fully saturated rings. The monoisotopic (exact) mass is 779 g/mol. The fraction of sp³-hybridized carbons (Fsp3) is 0.100. The standard InChI is InChI=1S/C60H45N/c1-59(2)54-35-26-42-14-8-10-16-48(42)56(54)53-34-30-47(37-55(53)59)61(45-27-22-41(23-28-45)40-20-18-39(19-21-40)38-12-6-5-7-13-38)46-29-33-50-44(36-46)25-32-52-51-31-24-43-15-9-11-17-49(43)57(51)60(3,4)58(50)52/h5-37H,1-4H3. The molecule has 0 aliphatic heterocycles. The van der Waals surface area contributed by atoms with Gasteiger partial charge < -0.3 is 4.90 Å². The average molecular weight is 780 g/mol. The number of nitrogens with zero attached hydrogens (tertiary/aromatic N) is 1. The van der Waals surface area contributed by atoms with Crippen LogP contribution in [0.2, 0.25) is 0 Å². The minimum Gasteiger partial charge on any atom is -0.310 e. The fourth-order valence-corrected chi connectivity index (χ4v) is 11.0. The maximum Gasteiger partial charge on any atom is 0.0468 e. The van der Waals surface area contributed by atoms with E-state index in [2.05, 4.69) is 233 Å². The summed E-state index contributed by atoms with van der Waals surface area (Å²) < 4.78 is 0. The summed E-state index contributed by atoms with van der Waals surface area (Å²) in [7, 11) is 0. The molecule has 2 aliphatic carbocycles. The van der Waals surface area contributed by atoms with Crippen molar-refractivity contribution in [3.8, 4) is 44.5 Å². The average Bonchev–Trinajstić information content (AvgIpc) is 3.69. The van der Waals surface area contributed by atoms with Gasteiger partial charge in [-0.25, -0.2) is 0 Å². The van der Waals surface area contributed by atoms with E-state index in [1.54, 1.807) is 0 Å². The Balaban J connectivity index is 0.995. The van der Waals surface area contributed by atoms with Crippen LogP contribution in [0.3, 0.4) is 0 Å². The summed E-state index contributed by atoms with van der Waals surface area (Å²) in [5.41, 5.74) is 19.0. The third-order valence-corrected chi connectivity index (χ3v) is 14.0. The molecule has 0 spiro atoms. The van der Waals surface area contributed by atoms with Crippen molar-refractivity contribution in [2.75, 3.05) is 4.90 Å². The van der Waals surface area contributed by atoms with Gasteiger partial charge in [0.15, 0.2) is 0 Å². The summed E-state index contributed by atoms with van der Waals surface area (Å²) in [6.07, 6.45) is 0. The molecule has 0 N–H and O–H groups in total. The molecule has 0 amide bonds. The van der Waals surface area contributed by atoms with Gasteiger partial charge in [-0.3, -0.25) is 0 Å². The molecule has 1 heteroatoms. The molecule has 10 aromatic carbocycles. The number of benzene rings is 10. The minimum atomic E-state index is -0.152. The van der Waals surface area contributed by atoms with E-state index in [4.69, 9.17) is 0 Å². The van der Waals surface area contributed by atoms with Crippen LogP contribution in [0.5, 0.6) is 0 Å². The van der Waals surface area contributed by atoms with Gasteiger partial charge in [0.25, 0.3) is 0 Å². The van der Waals surface area contributed by atoms with Crippen molar-refractivity contribution in [1.29, 1.82) is 0 Å². The highest BCUT2D eigenvalue weighted by atomic mass is 15.1. The van der Waals surface area contributed by atoms with E-state index in [0.29, 0.717) is 0 Å². The lowest BCUT2D eigenvalue weighted by Gasteiger charge is -2.29. The Morgan fingerprint density at radius 1 is 0.311 bits per heavy atom. The summed E-state index contributed by atoms with van der Waals surface area (Å²) in [5, 5.41) is 7.83. The molecule has 0 heterocycles. The summed E-state index contributed by atoms with van der Waals surface area (Å²) >= 11 is 0. The number of rotatable bonds is 5. The predicted molar refractivity (Wildman–Crippen MR) is 260 cm³/mol. The molecule has 2 aliphatic rings. The number of fused-ring (bicyclic) bond motifs is 12. The summed E-state index contributed by atoms with van der Waals surface area (Å²) in [5.74, 6) is 0. The zero-order valence-corrected chi connectivity index (χ0v) is 35.0. The molecular formula is C60H45N. The van der Waals surface area contributed by atoms with E-state index in [1.807, 2.05) is 0 Å². The Morgan fingerprint density at radius 2 is 0.787 bits per heavy atom. The zero-order valence-electron chi connectivity index (χ0n) is 35.0. The number of hydrogen-bond donors (Lipinski definition) is 0. The van der Waals surface area contributed by atoms with Crippen molar-refractivity contribution in [3.05, 3.63) is 222 Å². The van der Waals surface area contributed by atoms with Gasteiger partial charge in [-0.15, -0.1) is 0 Å². The Hall–Kier alpha value is -7.22. The molecule has 0 radical (unpaired) electrons. The van der Waals surface area contributed by atoms with Gasteiger partial charge in [0, 0.05) is 27.9 Å². The first-order valence-corrected chi connectivity index (χ1v) is 21.6. The number of anilines is 3. The van der Waals surface area contributed by atoms with Gasteiger partial charge in [-0.1, -0.05) is 191 Å². The van der Waals surface area contributed by atoms with Crippen LogP contribution in [0.15, 0.2) is 200 Å². The normalized spacial score (nSPS) is 14.2. The molecule has 0 saturated carbocycles. The highest BCUT2D eigenvalue weighted by Crippen LogP contribution is 2.55. The van der Waals surface area contributed by atoms with E-state index in [-0.39, 0.29) is 10.8 Å². The molecule has 0 aromatic heterocycles. The maximum atomic E-state index is 2.46. The first kappa shape index (κ1) is 35.7. The predicted octanol–water partition coefficient (Wildman–Crippen LogP) is 16.6. The molecule has 0 atom stereocenters. The van der Waals surface area contributed by atoms with Crippen LogP contribution in [0.25, 0.3) is 76.8 Å². The van der Waals surface area contributed by atoms with Crippen LogP contribution in [-0.4, -0.2) is 0 Å². The highest BCUT2D eigenvalue weighted by molar-refractivity contribution is 6.05. The van der Waals surface area contributed by atoms with E-state index >= 15 is 0 Å². The molecule has 290 valence electrons. The van der Waals surface area contributed by atoms with Gasteiger partial charge in [0.05, 0.1) is 0 Å². The Bertz CT molecular complexity index is 3390. The molecule has 1 nitrogen and oxygen atoms in total. The molecule has 10 aromatic rings. The van der Waals surface area contributed by atoms with Crippen molar-refractivity contribution < 1.29 is 0 Å². The Morgan fingerprint density at radius 3 is 1.48 bits per heavy atom. The lowest BCUT2D eigenvalue weighted by molar-refractivity contribution is 0.661. The van der Waals surface area contributed by atoms with Gasteiger partial charge in [0.1, 0.15) is 0 Å². The molecule has 0 bridgehead atoms. The molecule has 0 unspecified atom stereocenters. The third-order valence-electron chi connectivity index (χ3n) is 14.0. The molecule has 61 heavy (non-hydrogen) atoms. The fourth-order valence-electron chi connectivity index (χ4n) is 11.0. The van der Waals surface area contributed by atoms with Gasteiger partial charge in [-0.2, -0.15) is 0 Å². The van der Waals surface area contributed by atoms with Gasteiger partial charge in [-0.05, 0) is 135 Å². The minimum absolute atomic E-state index is 0.147. The Labute approximate surface area is 358 Å². The Kier molecular flexibility index (Phi) is 7.69. The lowest BCUT2D eigenvalue weighted by atomic mass is 9.78. The quantitative estimate of drug-likeness (QED) is 0.168. The van der Waals surface area contributed by atoms with Crippen LogP contribution >= 0.6 is 0 Å². The molecule has 12 rings (SSSR count). The lowest BCUT2D eigenvalue weighted by Crippen LogP contribution is -2.17. The first-order valence-electron chi connectivity index (χ1n) is 21.6. The largest absolute Gasteiger partial charge is 0.310 e. The molecular weight excluding hydrogens is 735 g/mol. The highest BCUT2D eigenvalue weighted by Gasteiger charge is 2.39. The molecule has 0 saturated heterocycles. The van der Waals surface area contributed by atoms with Gasteiger partial charge >= 0.3 is 0 Å². The van der Waals surface area contributed by atoms with Gasteiger partial charge in [0.2, 0.25) is 0 Å². The van der Waals surface area contributed by atoms with Crippen LogP contribution in [0, 0.1) is 0 Å². The second-order valence-electron chi connectivity index (χ2n) is 18.1. The first-order chi connectivity index (χ1) is 29.8. The summed E-state index contributed by atoms with van der Waals surface area (Å²) in [6.45, 7) is 9.60. The van der Waals surface area contributed by atoms with E-state index in [0.717, 1.165) is 17.1 Å². The zero-order chi connectivity index (χ0) is 41.0. The second-order valence-corrected chi connectivity index (χ2v) is 18.1. The van der Waals surface area contributed by atoms with Crippen molar-refractivity contribution in [3.63, 3.8) is 0 Å². The third kappa shape index (κ3) is 5.33. The van der Waals surface area contributed by atoms with Crippen LogP contribution in [-0.2, 0) is 10.8 Å². The van der Waals surface area contributed by atoms with E-state index in [9.17, 15) is 0 Å². The van der Waals surface area contributed by atoms with Crippen LogP contribution < -0.4 is 4.90 Å². The van der Waals surface area contributed by atoms with Crippen molar-refractivity contribution in [1.82, 2.24) is 0 Å². The van der Waals surface area contributed by atoms with E-state index in [1.165, 1.54) is 99.1 Å². The SMILES string of the molecule is CC1(C)c2cc(N(c3ccc(-c4ccc(-c5ccccc5)cc4)cc3)c3ccc4c5c(ccc4c3)-c3ccc4ccccc4c3C5(C)C)ccc2-c2c1ccc1ccccc21.